The van der Waals surface area contributed by atoms with Crippen LogP contribution in [0.15, 0.2) is 45.5 Å². The Morgan fingerprint density at radius 2 is 1.86 bits per heavy atom. The summed E-state index contributed by atoms with van der Waals surface area (Å²) in [6.45, 7) is 5.53. The standard InChI is InChI=1S/C27H31BrN4O4/c1-15(2)10-21-26(34)31-24(19-11-17-6-4-5-7-18(17)12-19)27(35)32(21)22(25(33)30-16(3)14-29)13-20-8-9-23(28)36-20/h4-9,15-16,19,21-22,24H,10-13H2,1-3H3,(H,30,33)(H,31,34)/t16?,21-,22?,24-/m1/s1. The van der Waals surface area contributed by atoms with E-state index in [0.717, 1.165) is 0 Å². The van der Waals surface area contributed by atoms with E-state index in [2.05, 4.69) is 38.7 Å². The molecule has 36 heavy (non-hydrogen) atoms. The summed E-state index contributed by atoms with van der Waals surface area (Å²) in [5.41, 5.74) is 2.36. The second kappa shape index (κ2) is 10.9. The minimum atomic E-state index is -1.01. The molecule has 2 heterocycles. The first-order valence-corrected chi connectivity index (χ1v) is 13.1. The molecule has 3 amide bonds. The van der Waals surface area contributed by atoms with Gasteiger partial charge in [-0.05, 0) is 77.2 Å². The Labute approximate surface area is 219 Å². The van der Waals surface area contributed by atoms with E-state index in [1.54, 1.807) is 19.1 Å². The first-order valence-electron chi connectivity index (χ1n) is 12.3. The van der Waals surface area contributed by atoms with Crippen molar-refractivity contribution in [3.05, 3.63) is 58.0 Å². The zero-order valence-corrected chi connectivity index (χ0v) is 22.2. The molecule has 4 atom stereocenters. The zero-order chi connectivity index (χ0) is 26.0. The van der Waals surface area contributed by atoms with E-state index in [0.29, 0.717) is 29.7 Å². The van der Waals surface area contributed by atoms with Crippen LogP contribution in [0, 0.1) is 23.2 Å². The van der Waals surface area contributed by atoms with Crippen LogP contribution in [0.3, 0.4) is 0 Å². The van der Waals surface area contributed by atoms with Crippen molar-refractivity contribution in [1.29, 1.82) is 5.26 Å². The number of piperazine rings is 1. The molecule has 2 N–H and O–H groups in total. The number of nitrogens with one attached hydrogen (secondary N) is 2. The summed E-state index contributed by atoms with van der Waals surface area (Å²) in [6, 6.07) is 10.2. The monoisotopic (exact) mass is 554 g/mol. The summed E-state index contributed by atoms with van der Waals surface area (Å²) < 4.78 is 6.17. The van der Waals surface area contributed by atoms with Gasteiger partial charge < -0.3 is 20.0 Å². The largest absolute Gasteiger partial charge is 0.454 e. The average molecular weight is 555 g/mol. The highest BCUT2D eigenvalue weighted by atomic mass is 79.9. The number of halogens is 1. The molecule has 4 rings (SSSR count). The van der Waals surface area contributed by atoms with E-state index in [9.17, 15) is 19.6 Å². The minimum absolute atomic E-state index is 0.0841. The van der Waals surface area contributed by atoms with Crippen molar-refractivity contribution >= 4 is 33.7 Å². The van der Waals surface area contributed by atoms with Gasteiger partial charge in [-0.3, -0.25) is 14.4 Å². The molecule has 1 aliphatic carbocycles. The lowest BCUT2D eigenvalue weighted by Crippen LogP contribution is -2.70. The fourth-order valence-electron chi connectivity index (χ4n) is 5.25. The number of carbonyl (C=O) groups excluding carboxylic acids is 3. The maximum Gasteiger partial charge on any atom is 0.246 e. The van der Waals surface area contributed by atoms with Gasteiger partial charge in [-0.2, -0.15) is 5.26 Å². The number of nitrogens with zero attached hydrogens (tertiary/aromatic N) is 2. The lowest BCUT2D eigenvalue weighted by molar-refractivity contribution is -0.157. The molecule has 1 aliphatic heterocycles. The molecule has 1 saturated heterocycles. The average Bonchev–Trinajstić information content (AvgIpc) is 3.45. The van der Waals surface area contributed by atoms with Crippen LogP contribution in [0.4, 0.5) is 0 Å². The third kappa shape index (κ3) is 5.49. The van der Waals surface area contributed by atoms with Gasteiger partial charge in [-0.15, -0.1) is 0 Å². The molecular formula is C27H31BrN4O4. The number of fused-ring (bicyclic) bond motifs is 1. The number of nitriles is 1. The molecule has 8 nitrogen and oxygen atoms in total. The number of hydrogen-bond donors (Lipinski definition) is 2. The van der Waals surface area contributed by atoms with Crippen LogP contribution in [-0.4, -0.2) is 46.8 Å². The predicted octanol–water partition coefficient (Wildman–Crippen LogP) is 3.14. The lowest BCUT2D eigenvalue weighted by atomic mass is 9.88. The summed E-state index contributed by atoms with van der Waals surface area (Å²) in [7, 11) is 0. The maximum absolute atomic E-state index is 14.1. The molecule has 0 bridgehead atoms. The molecule has 190 valence electrons. The third-order valence-electron chi connectivity index (χ3n) is 6.92. The number of benzene rings is 1. The van der Waals surface area contributed by atoms with E-state index in [4.69, 9.17) is 4.42 Å². The maximum atomic E-state index is 14.1. The van der Waals surface area contributed by atoms with Crippen molar-refractivity contribution in [2.75, 3.05) is 0 Å². The lowest BCUT2D eigenvalue weighted by Gasteiger charge is -2.44. The van der Waals surface area contributed by atoms with Crippen LogP contribution < -0.4 is 10.6 Å². The van der Waals surface area contributed by atoms with E-state index >= 15 is 0 Å². The van der Waals surface area contributed by atoms with Crippen LogP contribution in [0.5, 0.6) is 0 Å². The van der Waals surface area contributed by atoms with Crippen molar-refractivity contribution in [3.63, 3.8) is 0 Å². The smallest absolute Gasteiger partial charge is 0.246 e. The molecule has 2 aliphatic rings. The fraction of sp³-hybridized carbons (Fsp3) is 0.481. The topological polar surface area (TPSA) is 115 Å². The number of furan rings is 1. The summed E-state index contributed by atoms with van der Waals surface area (Å²) >= 11 is 3.29. The van der Waals surface area contributed by atoms with E-state index in [-0.39, 0.29) is 30.1 Å². The van der Waals surface area contributed by atoms with E-state index in [1.165, 1.54) is 16.0 Å². The fourth-order valence-corrected chi connectivity index (χ4v) is 5.59. The number of hydrogen-bond acceptors (Lipinski definition) is 5. The van der Waals surface area contributed by atoms with Gasteiger partial charge in [-0.25, -0.2) is 0 Å². The number of carbonyl (C=O) groups is 3. The van der Waals surface area contributed by atoms with Crippen molar-refractivity contribution in [3.8, 4) is 6.07 Å². The molecule has 2 unspecified atom stereocenters. The Hall–Kier alpha value is -3.12. The number of rotatable bonds is 8. The van der Waals surface area contributed by atoms with Crippen LogP contribution in [-0.2, 0) is 33.6 Å². The van der Waals surface area contributed by atoms with Gasteiger partial charge in [0.15, 0.2) is 4.67 Å². The van der Waals surface area contributed by atoms with Gasteiger partial charge in [0, 0.05) is 6.42 Å². The van der Waals surface area contributed by atoms with Crippen molar-refractivity contribution in [2.45, 2.75) is 70.6 Å². The Bertz CT molecular complexity index is 1160. The Kier molecular flexibility index (Phi) is 7.84. The van der Waals surface area contributed by atoms with E-state index < -0.39 is 30.1 Å². The second-order valence-electron chi connectivity index (χ2n) is 10.1. The van der Waals surface area contributed by atoms with Crippen molar-refractivity contribution < 1.29 is 18.8 Å². The van der Waals surface area contributed by atoms with Crippen LogP contribution in [0.25, 0.3) is 0 Å². The second-order valence-corrected chi connectivity index (χ2v) is 10.9. The Morgan fingerprint density at radius 1 is 1.19 bits per heavy atom. The summed E-state index contributed by atoms with van der Waals surface area (Å²) in [4.78, 5) is 42.5. The van der Waals surface area contributed by atoms with Gasteiger partial charge in [0.25, 0.3) is 0 Å². The zero-order valence-electron chi connectivity index (χ0n) is 20.7. The Morgan fingerprint density at radius 3 is 2.42 bits per heavy atom. The van der Waals surface area contributed by atoms with Crippen LogP contribution >= 0.6 is 15.9 Å². The van der Waals surface area contributed by atoms with E-state index in [1.807, 2.05) is 32.0 Å². The highest BCUT2D eigenvalue weighted by Crippen LogP contribution is 2.33. The quantitative estimate of drug-likeness (QED) is 0.520. The molecule has 1 aromatic heterocycles. The molecule has 2 aromatic rings. The molecule has 1 aromatic carbocycles. The van der Waals surface area contributed by atoms with Crippen molar-refractivity contribution in [2.24, 2.45) is 11.8 Å². The highest BCUT2D eigenvalue weighted by molar-refractivity contribution is 9.10. The van der Waals surface area contributed by atoms with Crippen LogP contribution in [0.2, 0.25) is 0 Å². The molecule has 9 heteroatoms. The predicted molar refractivity (Wildman–Crippen MR) is 136 cm³/mol. The van der Waals surface area contributed by atoms with Gasteiger partial charge in [0.1, 0.15) is 29.9 Å². The first-order chi connectivity index (χ1) is 17.2. The third-order valence-corrected chi connectivity index (χ3v) is 7.35. The molecule has 1 fully saturated rings. The molecule has 0 saturated carbocycles. The minimum Gasteiger partial charge on any atom is -0.454 e. The van der Waals surface area contributed by atoms with Gasteiger partial charge in [-0.1, -0.05) is 38.1 Å². The highest BCUT2D eigenvalue weighted by Gasteiger charge is 2.49. The summed E-state index contributed by atoms with van der Waals surface area (Å²) in [5, 5.41) is 15.0. The van der Waals surface area contributed by atoms with Crippen LogP contribution in [0.1, 0.15) is 44.1 Å². The first kappa shape index (κ1) is 26.0. The van der Waals surface area contributed by atoms with Gasteiger partial charge in [0.05, 0.1) is 6.07 Å². The summed E-state index contributed by atoms with van der Waals surface area (Å²) in [6.07, 6.45) is 1.86. The molecule has 0 spiro atoms. The number of amides is 3. The SMILES string of the molecule is CC(C)C[C@@H]1C(=O)N[C@H](C2Cc3ccccc3C2)C(=O)N1C(Cc1ccc(Br)o1)C(=O)NC(C)C#N. The van der Waals surface area contributed by atoms with Gasteiger partial charge in [0.2, 0.25) is 17.7 Å². The summed E-state index contributed by atoms with van der Waals surface area (Å²) in [5.74, 6) is -0.492. The molecular weight excluding hydrogens is 524 g/mol. The normalized spacial score (nSPS) is 21.6. The molecule has 0 radical (unpaired) electrons. The van der Waals surface area contributed by atoms with Crippen molar-refractivity contribution in [1.82, 2.24) is 15.5 Å². The Balaban J connectivity index is 1.70. The van der Waals surface area contributed by atoms with Gasteiger partial charge >= 0.3 is 0 Å².